The van der Waals surface area contributed by atoms with Crippen LogP contribution in [0.15, 0.2) is 54.2 Å². The molecule has 1 aromatic carbocycles. The molecule has 20 heavy (non-hydrogen) atoms. The van der Waals surface area contributed by atoms with Gasteiger partial charge in [0, 0.05) is 17.1 Å². The van der Waals surface area contributed by atoms with Gasteiger partial charge < -0.3 is 10.1 Å². The average Bonchev–Trinajstić information content (AvgIpc) is 2.97. The molecule has 0 amide bonds. The zero-order chi connectivity index (χ0) is 13.8. The van der Waals surface area contributed by atoms with Gasteiger partial charge in [0.05, 0.1) is 24.7 Å². The summed E-state index contributed by atoms with van der Waals surface area (Å²) >= 11 is 1.56. The normalized spacial score (nSPS) is 10.2. The van der Waals surface area contributed by atoms with Crippen LogP contribution in [0.3, 0.4) is 0 Å². The second kappa shape index (κ2) is 5.71. The summed E-state index contributed by atoms with van der Waals surface area (Å²) in [6, 6.07) is 11.7. The Balaban J connectivity index is 1.83. The summed E-state index contributed by atoms with van der Waals surface area (Å²) in [5, 5.41) is 6.10. The van der Waals surface area contributed by atoms with Gasteiger partial charge in [0.2, 0.25) is 0 Å². The number of hydrogen-bond donors (Lipinski definition) is 1. The van der Waals surface area contributed by atoms with Crippen molar-refractivity contribution in [3.63, 3.8) is 0 Å². The SMILES string of the molecule is COc1cccc(-c2csc(Nc3cccnc3)n2)c1. The van der Waals surface area contributed by atoms with E-state index >= 15 is 0 Å². The second-order valence-corrected chi connectivity index (χ2v) is 4.99. The summed E-state index contributed by atoms with van der Waals surface area (Å²) in [4.78, 5) is 8.64. The van der Waals surface area contributed by atoms with E-state index in [-0.39, 0.29) is 0 Å². The van der Waals surface area contributed by atoms with E-state index in [1.807, 2.05) is 41.8 Å². The molecule has 0 unspecified atom stereocenters. The molecule has 0 aliphatic rings. The molecule has 2 heterocycles. The third kappa shape index (κ3) is 2.78. The van der Waals surface area contributed by atoms with Crippen LogP contribution in [0.4, 0.5) is 10.8 Å². The van der Waals surface area contributed by atoms with E-state index in [1.165, 1.54) is 0 Å². The molecule has 5 heteroatoms. The molecule has 4 nitrogen and oxygen atoms in total. The van der Waals surface area contributed by atoms with Crippen LogP contribution in [-0.4, -0.2) is 17.1 Å². The standard InChI is InChI=1S/C15H13N3OS/c1-19-13-6-2-4-11(8-13)14-10-20-15(18-14)17-12-5-3-7-16-9-12/h2-10H,1H3,(H,17,18). The smallest absolute Gasteiger partial charge is 0.187 e. The maximum absolute atomic E-state index is 5.23. The Morgan fingerprint density at radius 2 is 2.15 bits per heavy atom. The van der Waals surface area contributed by atoms with Crippen molar-refractivity contribution >= 4 is 22.2 Å². The van der Waals surface area contributed by atoms with E-state index in [1.54, 1.807) is 30.8 Å². The number of methoxy groups -OCH3 is 1. The molecule has 0 radical (unpaired) electrons. The summed E-state index contributed by atoms with van der Waals surface area (Å²) in [7, 11) is 1.66. The minimum atomic E-state index is 0.831. The van der Waals surface area contributed by atoms with Crippen LogP contribution in [0.5, 0.6) is 5.75 Å². The van der Waals surface area contributed by atoms with Crippen LogP contribution < -0.4 is 10.1 Å². The van der Waals surface area contributed by atoms with Gasteiger partial charge in [-0.3, -0.25) is 4.98 Å². The number of pyridine rings is 1. The van der Waals surface area contributed by atoms with E-state index < -0.39 is 0 Å². The first-order valence-corrected chi connectivity index (χ1v) is 7.00. The molecule has 0 saturated carbocycles. The van der Waals surface area contributed by atoms with E-state index in [0.717, 1.165) is 27.8 Å². The Kier molecular flexibility index (Phi) is 3.60. The highest BCUT2D eigenvalue weighted by molar-refractivity contribution is 7.14. The van der Waals surface area contributed by atoms with Crippen molar-refractivity contribution in [3.8, 4) is 17.0 Å². The summed E-state index contributed by atoms with van der Waals surface area (Å²) in [5.41, 5.74) is 2.90. The monoisotopic (exact) mass is 283 g/mol. The van der Waals surface area contributed by atoms with Crippen LogP contribution in [-0.2, 0) is 0 Å². The molecule has 2 aromatic heterocycles. The minimum absolute atomic E-state index is 0.831. The van der Waals surface area contributed by atoms with Gasteiger partial charge in [0.1, 0.15) is 5.75 Å². The van der Waals surface area contributed by atoms with Gasteiger partial charge in [-0.25, -0.2) is 4.98 Å². The van der Waals surface area contributed by atoms with Crippen LogP contribution in [0, 0.1) is 0 Å². The zero-order valence-corrected chi connectivity index (χ0v) is 11.7. The van der Waals surface area contributed by atoms with Crippen molar-refractivity contribution < 1.29 is 4.74 Å². The first-order valence-electron chi connectivity index (χ1n) is 6.12. The highest BCUT2D eigenvalue weighted by atomic mass is 32.1. The molecule has 0 bridgehead atoms. The largest absolute Gasteiger partial charge is 0.497 e. The van der Waals surface area contributed by atoms with Crippen molar-refractivity contribution in [1.29, 1.82) is 0 Å². The lowest BCUT2D eigenvalue weighted by atomic mass is 10.2. The predicted molar refractivity (Wildman–Crippen MR) is 81.6 cm³/mol. The molecule has 0 aliphatic carbocycles. The van der Waals surface area contributed by atoms with E-state index in [9.17, 15) is 0 Å². The topological polar surface area (TPSA) is 47.0 Å². The number of benzene rings is 1. The van der Waals surface area contributed by atoms with E-state index in [0.29, 0.717) is 0 Å². The minimum Gasteiger partial charge on any atom is -0.497 e. The van der Waals surface area contributed by atoms with Gasteiger partial charge in [0.25, 0.3) is 0 Å². The number of nitrogens with one attached hydrogen (secondary N) is 1. The van der Waals surface area contributed by atoms with Crippen molar-refractivity contribution in [2.24, 2.45) is 0 Å². The van der Waals surface area contributed by atoms with Crippen LogP contribution >= 0.6 is 11.3 Å². The number of hydrogen-bond acceptors (Lipinski definition) is 5. The number of anilines is 2. The maximum Gasteiger partial charge on any atom is 0.187 e. The maximum atomic E-state index is 5.23. The molecule has 1 N–H and O–H groups in total. The number of rotatable bonds is 4. The van der Waals surface area contributed by atoms with Gasteiger partial charge in [-0.15, -0.1) is 11.3 Å². The zero-order valence-electron chi connectivity index (χ0n) is 10.9. The third-order valence-corrected chi connectivity index (χ3v) is 3.54. The summed E-state index contributed by atoms with van der Waals surface area (Å²) in [5.74, 6) is 0.831. The molecule has 100 valence electrons. The number of thiazole rings is 1. The Bertz CT molecular complexity index is 697. The number of ether oxygens (including phenoxy) is 1. The average molecular weight is 283 g/mol. The molecule has 0 fully saturated rings. The van der Waals surface area contributed by atoms with Gasteiger partial charge >= 0.3 is 0 Å². The highest BCUT2D eigenvalue weighted by Crippen LogP contribution is 2.28. The molecular formula is C15H13N3OS. The molecule has 3 rings (SSSR count). The fourth-order valence-corrected chi connectivity index (χ4v) is 2.55. The lowest BCUT2D eigenvalue weighted by Gasteiger charge is -2.02. The van der Waals surface area contributed by atoms with Crippen molar-refractivity contribution in [2.75, 3.05) is 12.4 Å². The predicted octanol–water partition coefficient (Wildman–Crippen LogP) is 3.96. The summed E-state index contributed by atoms with van der Waals surface area (Å²) in [6.45, 7) is 0. The van der Waals surface area contributed by atoms with Gasteiger partial charge in [0.15, 0.2) is 5.13 Å². The fraction of sp³-hybridized carbons (Fsp3) is 0.0667. The quantitative estimate of drug-likeness (QED) is 0.787. The molecular weight excluding hydrogens is 270 g/mol. The van der Waals surface area contributed by atoms with E-state index in [2.05, 4.69) is 15.3 Å². The highest BCUT2D eigenvalue weighted by Gasteiger charge is 2.05. The Morgan fingerprint density at radius 1 is 1.20 bits per heavy atom. The van der Waals surface area contributed by atoms with Crippen molar-refractivity contribution in [2.45, 2.75) is 0 Å². The molecule has 3 aromatic rings. The molecule has 0 spiro atoms. The summed E-state index contributed by atoms with van der Waals surface area (Å²) in [6.07, 6.45) is 3.52. The van der Waals surface area contributed by atoms with Crippen LogP contribution in [0.1, 0.15) is 0 Å². The lowest BCUT2D eigenvalue weighted by molar-refractivity contribution is 0.415. The fourth-order valence-electron chi connectivity index (χ4n) is 1.81. The lowest BCUT2D eigenvalue weighted by Crippen LogP contribution is -1.90. The van der Waals surface area contributed by atoms with Gasteiger partial charge in [-0.1, -0.05) is 12.1 Å². The number of aromatic nitrogens is 2. The molecule has 0 aliphatic heterocycles. The Labute approximate surface area is 121 Å². The second-order valence-electron chi connectivity index (χ2n) is 4.14. The van der Waals surface area contributed by atoms with Crippen LogP contribution in [0.2, 0.25) is 0 Å². The number of nitrogens with zero attached hydrogens (tertiary/aromatic N) is 2. The molecule has 0 atom stereocenters. The van der Waals surface area contributed by atoms with Gasteiger partial charge in [-0.05, 0) is 24.3 Å². The van der Waals surface area contributed by atoms with Crippen molar-refractivity contribution in [3.05, 3.63) is 54.2 Å². The molecule has 0 saturated heterocycles. The Hall–Kier alpha value is -2.40. The third-order valence-electron chi connectivity index (χ3n) is 2.78. The Morgan fingerprint density at radius 3 is 2.95 bits per heavy atom. The summed E-state index contributed by atoms with van der Waals surface area (Å²) < 4.78 is 5.23. The van der Waals surface area contributed by atoms with E-state index in [4.69, 9.17) is 4.74 Å². The first kappa shape index (κ1) is 12.6. The van der Waals surface area contributed by atoms with Crippen molar-refractivity contribution in [1.82, 2.24) is 9.97 Å². The van der Waals surface area contributed by atoms with Crippen LogP contribution in [0.25, 0.3) is 11.3 Å². The first-order chi connectivity index (χ1) is 9.85. The van der Waals surface area contributed by atoms with Gasteiger partial charge in [-0.2, -0.15) is 0 Å².